The number of halogens is 7. The lowest BCUT2D eigenvalue weighted by Crippen LogP contribution is -2.42. The molecule has 2 atom stereocenters. The lowest BCUT2D eigenvalue weighted by molar-refractivity contribution is -0.166. The minimum atomic E-state index is -3.96. The topological polar surface area (TPSA) is 9.23 Å². The van der Waals surface area contributed by atoms with Gasteiger partial charge in [-0.05, 0) is 0 Å². The summed E-state index contributed by atoms with van der Waals surface area (Å²) in [5.74, 6) is -13.6. The van der Waals surface area contributed by atoms with Crippen LogP contribution in [0.25, 0.3) is 0 Å². The molecule has 0 spiro atoms. The van der Waals surface area contributed by atoms with Crippen LogP contribution < -0.4 is 0 Å². The first kappa shape index (κ1) is 13.6. The molecule has 1 rings (SSSR count). The Morgan fingerprint density at radius 1 is 1.19 bits per heavy atom. The zero-order valence-corrected chi connectivity index (χ0v) is 9.13. The molecular weight excluding hydrogens is 306 g/mol. The van der Waals surface area contributed by atoms with Gasteiger partial charge in [0.1, 0.15) is 0 Å². The van der Waals surface area contributed by atoms with Crippen LogP contribution in [0.1, 0.15) is 0 Å². The molecule has 0 radical (unpaired) electrons. The summed E-state index contributed by atoms with van der Waals surface area (Å²) in [7, 11) is 0. The Morgan fingerprint density at radius 2 is 1.75 bits per heavy atom. The molecule has 0 aromatic rings. The van der Waals surface area contributed by atoms with E-state index in [9.17, 15) is 26.3 Å². The summed E-state index contributed by atoms with van der Waals surface area (Å²) in [6, 6.07) is 0. The third-order valence-electron chi connectivity index (χ3n) is 1.83. The van der Waals surface area contributed by atoms with Crippen molar-refractivity contribution in [2.45, 2.75) is 12.0 Å². The normalized spacial score (nSPS) is 31.3. The predicted octanol–water partition coefficient (Wildman–Crippen LogP) is 3.72. The maximum absolute atomic E-state index is 13.5. The van der Waals surface area contributed by atoms with E-state index in [4.69, 9.17) is 0 Å². The van der Waals surface area contributed by atoms with Crippen LogP contribution in [0.5, 0.6) is 0 Å². The number of alkyl halides is 3. The van der Waals surface area contributed by atoms with Gasteiger partial charge in [-0.15, -0.1) is 0 Å². The first-order chi connectivity index (χ1) is 7.36. The van der Waals surface area contributed by atoms with Gasteiger partial charge in [0, 0.05) is 5.33 Å². The first-order valence-electron chi connectivity index (χ1n) is 4.00. The largest absolute Gasteiger partial charge is 0.337 e. The highest BCUT2D eigenvalue weighted by molar-refractivity contribution is 9.09. The number of allylic oxidation sites excluding steroid dienone is 2. The number of hydrogen-bond acceptors (Lipinski definition) is 1. The average molecular weight is 311 g/mol. The first-order valence-corrected chi connectivity index (χ1v) is 5.12. The lowest BCUT2D eigenvalue weighted by atomic mass is 10.0. The van der Waals surface area contributed by atoms with Gasteiger partial charge in [-0.1, -0.05) is 15.9 Å². The molecule has 0 fully saturated rings. The minimum Gasteiger partial charge on any atom is -0.337 e. The van der Waals surface area contributed by atoms with Crippen LogP contribution >= 0.6 is 15.9 Å². The highest BCUT2D eigenvalue weighted by atomic mass is 79.9. The second-order valence-electron chi connectivity index (χ2n) is 2.83. The van der Waals surface area contributed by atoms with Gasteiger partial charge in [0.2, 0.25) is 12.0 Å². The monoisotopic (exact) mass is 310 g/mol. The fourth-order valence-electron chi connectivity index (χ4n) is 1.06. The van der Waals surface area contributed by atoms with E-state index in [1.165, 1.54) is 0 Å². The number of rotatable bonds is 3. The van der Waals surface area contributed by atoms with E-state index in [1.54, 1.807) is 0 Å². The second-order valence-corrected chi connectivity index (χ2v) is 3.63. The Bertz CT molecular complexity index is 354. The van der Waals surface area contributed by atoms with Gasteiger partial charge in [0.05, 0.1) is 6.61 Å². The van der Waals surface area contributed by atoms with Crippen molar-refractivity contribution in [2.75, 3.05) is 11.9 Å². The maximum atomic E-state index is 13.5. The Morgan fingerprint density at radius 3 is 2.25 bits per heavy atom. The highest BCUT2D eigenvalue weighted by Gasteiger charge is 2.55. The standard InChI is InChI=1S/C8H5BrF6O/c9-1-2-16-8(15)6(13)4(11)3(10)5(12)7(8)14/h6H,1-2H2. The summed E-state index contributed by atoms with van der Waals surface area (Å²) in [5, 5.41) is -0.0197. The molecule has 1 aliphatic rings. The molecule has 92 valence electrons. The van der Waals surface area contributed by atoms with Crippen molar-refractivity contribution in [1.82, 2.24) is 0 Å². The molecule has 1 nitrogen and oxygen atoms in total. The van der Waals surface area contributed by atoms with Gasteiger partial charge in [-0.2, -0.15) is 0 Å². The zero-order valence-electron chi connectivity index (χ0n) is 7.55. The number of hydrogen-bond donors (Lipinski definition) is 0. The SMILES string of the molecule is FC1=C(F)C(F)C(F)(OCCBr)C(F)=C1F. The van der Waals surface area contributed by atoms with Crippen molar-refractivity contribution in [3.63, 3.8) is 0 Å². The van der Waals surface area contributed by atoms with Crippen molar-refractivity contribution < 1.29 is 31.1 Å². The Hall–Kier alpha value is -0.500. The van der Waals surface area contributed by atoms with Gasteiger partial charge >= 0.3 is 5.85 Å². The van der Waals surface area contributed by atoms with Crippen LogP contribution in [-0.4, -0.2) is 24.0 Å². The predicted molar refractivity (Wildman–Crippen MR) is 47.0 cm³/mol. The third-order valence-corrected chi connectivity index (χ3v) is 2.16. The van der Waals surface area contributed by atoms with Crippen molar-refractivity contribution in [3.05, 3.63) is 23.3 Å². The van der Waals surface area contributed by atoms with Crippen LogP contribution in [0.2, 0.25) is 0 Å². The molecule has 0 bridgehead atoms. The lowest BCUT2D eigenvalue weighted by Gasteiger charge is -2.29. The van der Waals surface area contributed by atoms with E-state index in [0.29, 0.717) is 0 Å². The van der Waals surface area contributed by atoms with Crippen LogP contribution in [0.3, 0.4) is 0 Å². The molecule has 1 aliphatic carbocycles. The van der Waals surface area contributed by atoms with E-state index in [2.05, 4.69) is 20.7 Å². The Labute approximate surface area is 94.9 Å². The van der Waals surface area contributed by atoms with Crippen LogP contribution in [0.15, 0.2) is 23.3 Å². The molecule has 0 N–H and O–H groups in total. The fourth-order valence-corrected chi connectivity index (χ4v) is 1.22. The summed E-state index contributed by atoms with van der Waals surface area (Å²) < 4.78 is 81.3. The molecule has 2 unspecified atom stereocenters. The van der Waals surface area contributed by atoms with E-state index in [-0.39, 0.29) is 5.33 Å². The van der Waals surface area contributed by atoms with E-state index < -0.39 is 41.9 Å². The quantitative estimate of drug-likeness (QED) is 0.570. The smallest absolute Gasteiger partial charge is 0.303 e. The summed E-state index contributed by atoms with van der Waals surface area (Å²) >= 11 is 2.76. The maximum Gasteiger partial charge on any atom is 0.303 e. The van der Waals surface area contributed by atoms with E-state index >= 15 is 0 Å². The second kappa shape index (κ2) is 4.79. The Balaban J connectivity index is 3.14. The van der Waals surface area contributed by atoms with Crippen LogP contribution in [0.4, 0.5) is 26.3 Å². The van der Waals surface area contributed by atoms with E-state index in [0.717, 1.165) is 0 Å². The molecule has 0 aromatic heterocycles. The summed E-state index contributed by atoms with van der Waals surface area (Å²) in [5.41, 5.74) is 0. The summed E-state index contributed by atoms with van der Waals surface area (Å²) in [6.45, 7) is -0.549. The molecule has 0 aliphatic heterocycles. The molecule has 8 heteroatoms. The molecular formula is C8H5BrF6O. The molecule has 0 saturated carbocycles. The van der Waals surface area contributed by atoms with Crippen LogP contribution in [0, 0.1) is 0 Å². The number of ether oxygens (including phenoxy) is 1. The molecule has 0 aromatic carbocycles. The van der Waals surface area contributed by atoms with Crippen molar-refractivity contribution in [2.24, 2.45) is 0 Å². The summed E-state index contributed by atoms with van der Waals surface area (Å²) in [4.78, 5) is 0. The fraction of sp³-hybridized carbons (Fsp3) is 0.500. The van der Waals surface area contributed by atoms with Gasteiger partial charge in [-0.3, -0.25) is 0 Å². The third kappa shape index (κ3) is 2.00. The van der Waals surface area contributed by atoms with Crippen molar-refractivity contribution in [3.8, 4) is 0 Å². The highest BCUT2D eigenvalue weighted by Crippen LogP contribution is 2.44. The van der Waals surface area contributed by atoms with Gasteiger partial charge in [-0.25, -0.2) is 26.3 Å². The van der Waals surface area contributed by atoms with Gasteiger partial charge in [0.25, 0.3) is 0 Å². The molecule has 0 amide bonds. The molecule has 16 heavy (non-hydrogen) atoms. The Kier molecular flexibility index (Phi) is 4.06. The molecule has 0 saturated heterocycles. The van der Waals surface area contributed by atoms with Crippen LogP contribution in [-0.2, 0) is 4.74 Å². The zero-order chi connectivity index (χ0) is 12.5. The van der Waals surface area contributed by atoms with Crippen molar-refractivity contribution >= 4 is 15.9 Å². The van der Waals surface area contributed by atoms with E-state index in [1.807, 2.05) is 0 Å². The van der Waals surface area contributed by atoms with Gasteiger partial charge < -0.3 is 4.74 Å². The van der Waals surface area contributed by atoms with Gasteiger partial charge in [0.15, 0.2) is 17.5 Å². The molecule has 0 heterocycles. The average Bonchev–Trinajstić information content (AvgIpc) is 2.29. The minimum absolute atomic E-state index is 0.0197. The summed E-state index contributed by atoms with van der Waals surface area (Å²) in [6.07, 6.45) is -3.37. The van der Waals surface area contributed by atoms with Crippen molar-refractivity contribution in [1.29, 1.82) is 0 Å².